The molecule has 5 nitrogen and oxygen atoms in total. The highest BCUT2D eigenvalue weighted by molar-refractivity contribution is 7.88. The van der Waals surface area contributed by atoms with Crippen LogP contribution in [0.2, 0.25) is 0 Å². The van der Waals surface area contributed by atoms with Crippen LogP contribution in [0.15, 0.2) is 24.3 Å². The molecule has 0 aliphatic carbocycles. The SMILES string of the molecule is CC(C)c1ccc(NC(=O)[C@H]2CCCN2S(C)(=O)=O)cc1. The van der Waals surface area contributed by atoms with Crippen molar-refractivity contribution >= 4 is 21.6 Å². The fourth-order valence-corrected chi connectivity index (χ4v) is 3.70. The van der Waals surface area contributed by atoms with E-state index in [0.717, 1.165) is 12.7 Å². The van der Waals surface area contributed by atoms with Crippen LogP contribution in [-0.2, 0) is 14.8 Å². The Morgan fingerprint density at radius 2 is 1.90 bits per heavy atom. The second-order valence-corrected chi connectivity index (χ2v) is 7.73. The standard InChI is InChI=1S/C15H22N2O3S/c1-11(2)12-6-8-13(9-7-12)16-15(18)14-5-4-10-17(14)21(3,19)20/h6-9,11,14H,4-5,10H2,1-3H3,(H,16,18)/t14-/m1/s1. The summed E-state index contributed by atoms with van der Waals surface area (Å²) < 4.78 is 24.6. The van der Waals surface area contributed by atoms with E-state index in [-0.39, 0.29) is 5.91 Å². The lowest BCUT2D eigenvalue weighted by Gasteiger charge is -2.21. The van der Waals surface area contributed by atoms with Crippen LogP contribution >= 0.6 is 0 Å². The van der Waals surface area contributed by atoms with Gasteiger partial charge >= 0.3 is 0 Å². The average Bonchev–Trinajstić information content (AvgIpc) is 2.88. The van der Waals surface area contributed by atoms with Crippen molar-refractivity contribution in [2.45, 2.75) is 38.6 Å². The summed E-state index contributed by atoms with van der Waals surface area (Å²) in [4.78, 5) is 12.3. The number of hydrogen-bond donors (Lipinski definition) is 1. The van der Waals surface area contributed by atoms with Crippen LogP contribution in [0.1, 0.15) is 38.2 Å². The van der Waals surface area contributed by atoms with Gasteiger partial charge in [0.05, 0.1) is 6.26 Å². The molecule has 1 aliphatic rings. The lowest BCUT2D eigenvalue weighted by atomic mass is 10.0. The molecule has 116 valence electrons. The van der Waals surface area contributed by atoms with E-state index in [1.165, 1.54) is 9.87 Å². The first kappa shape index (κ1) is 16.0. The van der Waals surface area contributed by atoms with Crippen LogP contribution in [-0.4, -0.2) is 37.5 Å². The van der Waals surface area contributed by atoms with E-state index < -0.39 is 16.1 Å². The number of carbonyl (C=O) groups excluding carboxylic acids is 1. The molecule has 1 aromatic rings. The van der Waals surface area contributed by atoms with Crippen molar-refractivity contribution in [2.75, 3.05) is 18.1 Å². The summed E-state index contributed by atoms with van der Waals surface area (Å²) in [6, 6.07) is 7.07. The van der Waals surface area contributed by atoms with Crippen molar-refractivity contribution in [2.24, 2.45) is 0 Å². The first-order valence-electron chi connectivity index (χ1n) is 7.16. The molecule has 1 N–H and O–H groups in total. The third-order valence-electron chi connectivity index (χ3n) is 3.78. The number of nitrogens with zero attached hydrogens (tertiary/aromatic N) is 1. The summed E-state index contributed by atoms with van der Waals surface area (Å²) in [5.41, 5.74) is 1.90. The highest BCUT2D eigenvalue weighted by Gasteiger charge is 2.36. The van der Waals surface area contributed by atoms with Gasteiger partial charge in [-0.3, -0.25) is 4.79 Å². The molecular weight excluding hydrogens is 288 g/mol. The molecule has 1 aliphatic heterocycles. The van der Waals surface area contributed by atoms with Gasteiger partial charge in [-0.15, -0.1) is 0 Å². The molecule has 1 heterocycles. The monoisotopic (exact) mass is 310 g/mol. The maximum atomic E-state index is 12.3. The third-order valence-corrected chi connectivity index (χ3v) is 5.07. The van der Waals surface area contributed by atoms with Gasteiger partial charge in [0.15, 0.2) is 0 Å². The fraction of sp³-hybridized carbons (Fsp3) is 0.533. The van der Waals surface area contributed by atoms with Crippen molar-refractivity contribution in [1.82, 2.24) is 4.31 Å². The number of rotatable bonds is 4. The molecule has 6 heteroatoms. The molecule has 1 amide bonds. The van der Waals surface area contributed by atoms with Gasteiger partial charge in [0.2, 0.25) is 15.9 Å². The predicted octanol–water partition coefficient (Wildman–Crippen LogP) is 2.17. The first-order chi connectivity index (χ1) is 9.79. The smallest absolute Gasteiger partial charge is 0.242 e. The summed E-state index contributed by atoms with van der Waals surface area (Å²) in [6.07, 6.45) is 2.44. The number of nitrogens with one attached hydrogen (secondary N) is 1. The summed E-state index contributed by atoms with van der Waals surface area (Å²) >= 11 is 0. The van der Waals surface area contributed by atoms with Gasteiger partial charge in [-0.25, -0.2) is 8.42 Å². The van der Waals surface area contributed by atoms with Crippen LogP contribution in [0.5, 0.6) is 0 Å². The van der Waals surface area contributed by atoms with Crippen molar-refractivity contribution in [3.05, 3.63) is 29.8 Å². The maximum Gasteiger partial charge on any atom is 0.242 e. The maximum absolute atomic E-state index is 12.3. The number of sulfonamides is 1. The molecule has 1 atom stereocenters. The van der Waals surface area contributed by atoms with Gasteiger partial charge in [-0.2, -0.15) is 4.31 Å². The molecule has 0 saturated carbocycles. The zero-order chi connectivity index (χ0) is 15.6. The Labute approximate surface area is 126 Å². The lowest BCUT2D eigenvalue weighted by molar-refractivity contribution is -0.119. The molecule has 2 rings (SSSR count). The summed E-state index contributed by atoms with van der Waals surface area (Å²) in [5, 5.41) is 2.81. The Kier molecular flexibility index (Phi) is 4.68. The summed E-state index contributed by atoms with van der Waals surface area (Å²) in [5.74, 6) is 0.181. The highest BCUT2D eigenvalue weighted by atomic mass is 32.2. The van der Waals surface area contributed by atoms with E-state index in [4.69, 9.17) is 0 Å². The van der Waals surface area contributed by atoms with Gasteiger partial charge in [0.1, 0.15) is 6.04 Å². The normalized spacial score (nSPS) is 19.9. The summed E-state index contributed by atoms with van der Waals surface area (Å²) in [6.45, 7) is 4.63. The third kappa shape index (κ3) is 3.83. The molecule has 1 saturated heterocycles. The quantitative estimate of drug-likeness (QED) is 0.927. The van der Waals surface area contributed by atoms with Gasteiger partial charge < -0.3 is 5.32 Å². The van der Waals surface area contributed by atoms with Crippen LogP contribution in [0.4, 0.5) is 5.69 Å². The van der Waals surface area contributed by atoms with Gasteiger partial charge in [-0.05, 0) is 36.5 Å². The molecule has 1 aromatic carbocycles. The molecule has 0 radical (unpaired) electrons. The van der Waals surface area contributed by atoms with Crippen LogP contribution in [0.25, 0.3) is 0 Å². The first-order valence-corrected chi connectivity index (χ1v) is 9.01. The second-order valence-electron chi connectivity index (χ2n) is 5.80. The Morgan fingerprint density at radius 3 is 2.43 bits per heavy atom. The van der Waals surface area contributed by atoms with E-state index in [1.54, 1.807) is 0 Å². The van der Waals surface area contributed by atoms with E-state index in [1.807, 2.05) is 24.3 Å². The minimum absolute atomic E-state index is 0.254. The number of amides is 1. The average molecular weight is 310 g/mol. The highest BCUT2D eigenvalue weighted by Crippen LogP contribution is 2.22. The van der Waals surface area contributed by atoms with E-state index >= 15 is 0 Å². The van der Waals surface area contributed by atoms with E-state index in [9.17, 15) is 13.2 Å². The lowest BCUT2D eigenvalue weighted by Crippen LogP contribution is -2.42. The number of benzene rings is 1. The van der Waals surface area contributed by atoms with E-state index in [0.29, 0.717) is 24.6 Å². The van der Waals surface area contributed by atoms with Crippen molar-refractivity contribution < 1.29 is 13.2 Å². The van der Waals surface area contributed by atoms with Crippen LogP contribution < -0.4 is 5.32 Å². The summed E-state index contributed by atoms with van der Waals surface area (Å²) in [7, 11) is -3.33. The fourth-order valence-electron chi connectivity index (χ4n) is 2.58. The van der Waals surface area contributed by atoms with Gasteiger partial charge in [0, 0.05) is 12.2 Å². The molecular formula is C15H22N2O3S. The van der Waals surface area contributed by atoms with Crippen molar-refractivity contribution in [3.63, 3.8) is 0 Å². The Hall–Kier alpha value is -1.40. The minimum Gasteiger partial charge on any atom is -0.325 e. The molecule has 21 heavy (non-hydrogen) atoms. The second kappa shape index (κ2) is 6.15. The Balaban J connectivity index is 2.07. The molecule has 0 bridgehead atoms. The van der Waals surface area contributed by atoms with E-state index in [2.05, 4.69) is 19.2 Å². The van der Waals surface area contributed by atoms with Crippen LogP contribution in [0.3, 0.4) is 0 Å². The molecule has 0 spiro atoms. The zero-order valence-electron chi connectivity index (χ0n) is 12.7. The molecule has 0 unspecified atom stereocenters. The predicted molar refractivity (Wildman–Crippen MR) is 83.7 cm³/mol. The number of hydrogen-bond acceptors (Lipinski definition) is 3. The van der Waals surface area contributed by atoms with Crippen molar-refractivity contribution in [3.8, 4) is 0 Å². The number of carbonyl (C=O) groups is 1. The Bertz CT molecular complexity index is 608. The Morgan fingerprint density at radius 1 is 1.29 bits per heavy atom. The molecule has 1 fully saturated rings. The zero-order valence-corrected chi connectivity index (χ0v) is 13.5. The molecule has 0 aromatic heterocycles. The largest absolute Gasteiger partial charge is 0.325 e. The van der Waals surface area contributed by atoms with Crippen molar-refractivity contribution in [1.29, 1.82) is 0 Å². The number of anilines is 1. The van der Waals surface area contributed by atoms with Crippen LogP contribution in [0, 0.1) is 0 Å². The minimum atomic E-state index is -3.33. The van der Waals surface area contributed by atoms with Gasteiger partial charge in [0.25, 0.3) is 0 Å². The van der Waals surface area contributed by atoms with Gasteiger partial charge in [-0.1, -0.05) is 26.0 Å². The topological polar surface area (TPSA) is 66.5 Å².